The van der Waals surface area contributed by atoms with E-state index in [-0.39, 0.29) is 17.9 Å². The van der Waals surface area contributed by atoms with Crippen LogP contribution < -0.4 is 0 Å². The predicted octanol–water partition coefficient (Wildman–Crippen LogP) is 2.61. The maximum Gasteiger partial charge on any atom is 0.340 e. The van der Waals surface area contributed by atoms with Crippen LogP contribution in [0.5, 0.6) is 0 Å². The molecule has 1 aromatic carbocycles. The number of ether oxygens (including phenoxy) is 2. The number of carbonyl (C=O) groups is 1. The van der Waals surface area contributed by atoms with Crippen molar-refractivity contribution in [2.24, 2.45) is 11.8 Å². The molecule has 1 fully saturated rings. The van der Waals surface area contributed by atoms with Gasteiger partial charge in [-0.1, -0.05) is 39.0 Å². The minimum absolute atomic E-state index is 0.0432. The normalized spacial score (nSPS) is 33.7. The number of esters is 1. The molecule has 1 heterocycles. The molecule has 0 amide bonds. The molecular formula is C16H22O4. The van der Waals surface area contributed by atoms with E-state index in [9.17, 15) is 9.90 Å². The van der Waals surface area contributed by atoms with E-state index in [0.29, 0.717) is 5.56 Å². The Balaban J connectivity index is 2.06. The SMILES string of the molecule is CCC1O[C@@H](OC(=O)c2ccccc2)C(C)[C@@H](O)[C@@H]1C. The van der Waals surface area contributed by atoms with E-state index in [2.05, 4.69) is 0 Å². The highest BCUT2D eigenvalue weighted by molar-refractivity contribution is 5.89. The van der Waals surface area contributed by atoms with Crippen LogP contribution in [0.2, 0.25) is 0 Å². The predicted molar refractivity (Wildman–Crippen MR) is 75.1 cm³/mol. The van der Waals surface area contributed by atoms with Gasteiger partial charge in [0.15, 0.2) is 0 Å². The zero-order valence-electron chi connectivity index (χ0n) is 12.2. The first-order chi connectivity index (χ1) is 9.54. The van der Waals surface area contributed by atoms with Gasteiger partial charge in [-0.25, -0.2) is 4.79 Å². The van der Waals surface area contributed by atoms with E-state index in [1.54, 1.807) is 24.3 Å². The largest absolute Gasteiger partial charge is 0.432 e. The zero-order chi connectivity index (χ0) is 14.7. The Labute approximate surface area is 119 Å². The molecule has 1 N–H and O–H groups in total. The van der Waals surface area contributed by atoms with E-state index in [4.69, 9.17) is 9.47 Å². The van der Waals surface area contributed by atoms with Crippen LogP contribution in [0.1, 0.15) is 37.6 Å². The van der Waals surface area contributed by atoms with Crippen molar-refractivity contribution in [2.75, 3.05) is 0 Å². The van der Waals surface area contributed by atoms with Crippen molar-refractivity contribution in [1.82, 2.24) is 0 Å². The molecule has 0 aromatic heterocycles. The molecule has 1 aliphatic rings. The van der Waals surface area contributed by atoms with Crippen LogP contribution in [0.15, 0.2) is 30.3 Å². The highest BCUT2D eigenvalue weighted by Crippen LogP contribution is 2.32. The molecule has 0 radical (unpaired) electrons. The van der Waals surface area contributed by atoms with Crippen molar-refractivity contribution in [1.29, 1.82) is 0 Å². The molecule has 0 aliphatic carbocycles. The number of hydrogen-bond donors (Lipinski definition) is 1. The van der Waals surface area contributed by atoms with Crippen molar-refractivity contribution in [3.05, 3.63) is 35.9 Å². The van der Waals surface area contributed by atoms with Crippen LogP contribution in [0.4, 0.5) is 0 Å². The molecule has 2 rings (SSSR count). The van der Waals surface area contributed by atoms with Gasteiger partial charge in [-0.05, 0) is 18.6 Å². The molecule has 2 unspecified atom stereocenters. The molecule has 20 heavy (non-hydrogen) atoms. The Morgan fingerprint density at radius 3 is 2.50 bits per heavy atom. The summed E-state index contributed by atoms with van der Waals surface area (Å²) >= 11 is 0. The van der Waals surface area contributed by atoms with E-state index in [1.807, 2.05) is 26.8 Å². The first-order valence-corrected chi connectivity index (χ1v) is 7.14. The molecule has 1 aromatic rings. The second-order valence-electron chi connectivity index (χ2n) is 5.43. The highest BCUT2D eigenvalue weighted by atomic mass is 16.7. The second-order valence-corrected chi connectivity index (χ2v) is 5.43. The van der Waals surface area contributed by atoms with Crippen LogP contribution in [0.3, 0.4) is 0 Å². The number of aliphatic hydroxyl groups is 1. The Hall–Kier alpha value is -1.39. The highest BCUT2D eigenvalue weighted by Gasteiger charge is 2.41. The van der Waals surface area contributed by atoms with Crippen molar-refractivity contribution >= 4 is 5.97 Å². The summed E-state index contributed by atoms with van der Waals surface area (Å²) in [5, 5.41) is 10.2. The Kier molecular flexibility index (Phi) is 4.78. The number of benzene rings is 1. The van der Waals surface area contributed by atoms with Gasteiger partial charge in [0.1, 0.15) is 0 Å². The third kappa shape index (κ3) is 3.02. The minimum atomic E-state index is -0.696. The van der Waals surface area contributed by atoms with Gasteiger partial charge in [0.2, 0.25) is 6.29 Å². The fourth-order valence-corrected chi connectivity index (χ4v) is 2.63. The molecule has 1 aliphatic heterocycles. The van der Waals surface area contributed by atoms with Crippen molar-refractivity contribution in [3.8, 4) is 0 Å². The summed E-state index contributed by atoms with van der Waals surface area (Å²) in [5.41, 5.74) is 0.490. The van der Waals surface area contributed by atoms with Crippen LogP contribution in [-0.2, 0) is 9.47 Å². The lowest BCUT2D eigenvalue weighted by molar-refractivity contribution is -0.241. The third-order valence-corrected chi connectivity index (χ3v) is 4.04. The van der Waals surface area contributed by atoms with Gasteiger partial charge in [-0.15, -0.1) is 0 Å². The second kappa shape index (κ2) is 6.37. The maximum atomic E-state index is 12.1. The summed E-state index contributed by atoms with van der Waals surface area (Å²) in [7, 11) is 0. The van der Waals surface area contributed by atoms with Crippen LogP contribution in [0, 0.1) is 11.8 Å². The van der Waals surface area contributed by atoms with Gasteiger partial charge in [0.05, 0.1) is 17.8 Å². The van der Waals surface area contributed by atoms with Crippen LogP contribution in [-0.4, -0.2) is 29.6 Å². The first-order valence-electron chi connectivity index (χ1n) is 7.14. The van der Waals surface area contributed by atoms with Crippen molar-refractivity contribution in [2.45, 2.75) is 45.7 Å². The summed E-state index contributed by atoms with van der Waals surface area (Å²) in [4.78, 5) is 12.1. The maximum absolute atomic E-state index is 12.1. The minimum Gasteiger partial charge on any atom is -0.432 e. The summed E-state index contributed by atoms with van der Waals surface area (Å²) in [6.45, 7) is 5.81. The van der Waals surface area contributed by atoms with Gasteiger partial charge in [-0.3, -0.25) is 0 Å². The summed E-state index contributed by atoms with van der Waals surface area (Å²) in [5.74, 6) is -0.610. The Bertz CT molecular complexity index is 443. The Morgan fingerprint density at radius 2 is 1.90 bits per heavy atom. The number of carbonyl (C=O) groups excluding carboxylic acids is 1. The van der Waals surface area contributed by atoms with Crippen molar-refractivity contribution in [3.63, 3.8) is 0 Å². The fraction of sp³-hybridized carbons (Fsp3) is 0.562. The van der Waals surface area contributed by atoms with Crippen LogP contribution in [0.25, 0.3) is 0 Å². The average molecular weight is 278 g/mol. The molecule has 110 valence electrons. The standard InChI is InChI=1S/C16H22O4/c1-4-13-10(2)14(17)11(3)16(19-13)20-15(18)12-8-6-5-7-9-12/h5-11,13-14,16-17H,4H2,1-3H3/t10-,11?,13?,14+,16+/m1/s1. The van der Waals surface area contributed by atoms with Gasteiger partial charge in [0.25, 0.3) is 0 Å². The Morgan fingerprint density at radius 1 is 1.25 bits per heavy atom. The topological polar surface area (TPSA) is 55.8 Å². The smallest absolute Gasteiger partial charge is 0.340 e. The lowest BCUT2D eigenvalue weighted by Gasteiger charge is -2.41. The molecule has 5 atom stereocenters. The molecule has 4 heteroatoms. The molecule has 1 saturated heterocycles. The van der Waals surface area contributed by atoms with Crippen molar-refractivity contribution < 1.29 is 19.4 Å². The van der Waals surface area contributed by atoms with Gasteiger partial charge < -0.3 is 14.6 Å². The molecule has 4 nitrogen and oxygen atoms in total. The van der Waals surface area contributed by atoms with E-state index in [0.717, 1.165) is 6.42 Å². The zero-order valence-corrected chi connectivity index (χ0v) is 12.2. The molecule has 0 saturated carbocycles. The third-order valence-electron chi connectivity index (χ3n) is 4.04. The monoisotopic (exact) mass is 278 g/mol. The van der Waals surface area contributed by atoms with E-state index in [1.165, 1.54) is 0 Å². The molecular weight excluding hydrogens is 256 g/mol. The summed E-state index contributed by atoms with van der Waals surface area (Å²) in [6, 6.07) is 8.81. The quantitative estimate of drug-likeness (QED) is 0.864. The lowest BCUT2D eigenvalue weighted by Crippen LogP contribution is -2.50. The van der Waals surface area contributed by atoms with E-state index >= 15 is 0 Å². The number of rotatable bonds is 3. The van der Waals surface area contributed by atoms with E-state index < -0.39 is 18.4 Å². The average Bonchev–Trinajstić information content (AvgIpc) is 2.48. The molecule has 0 bridgehead atoms. The molecule has 0 spiro atoms. The number of hydrogen-bond acceptors (Lipinski definition) is 4. The number of aliphatic hydroxyl groups excluding tert-OH is 1. The lowest BCUT2D eigenvalue weighted by atomic mass is 9.85. The van der Waals surface area contributed by atoms with Gasteiger partial charge >= 0.3 is 5.97 Å². The summed E-state index contributed by atoms with van der Waals surface area (Å²) in [6.07, 6.45) is -0.527. The van der Waals surface area contributed by atoms with Gasteiger partial charge in [-0.2, -0.15) is 0 Å². The first kappa shape index (κ1) is 15.0. The fourth-order valence-electron chi connectivity index (χ4n) is 2.63. The summed E-state index contributed by atoms with van der Waals surface area (Å²) < 4.78 is 11.2. The van der Waals surface area contributed by atoms with Gasteiger partial charge in [0, 0.05) is 11.8 Å². The van der Waals surface area contributed by atoms with Crippen LogP contribution >= 0.6 is 0 Å².